The van der Waals surface area contributed by atoms with Crippen molar-refractivity contribution in [3.8, 4) is 23.0 Å². The molecule has 4 aromatic rings. The van der Waals surface area contributed by atoms with Crippen LogP contribution in [0.25, 0.3) is 0 Å². The predicted octanol–water partition coefficient (Wildman–Crippen LogP) is 6.75. The molecule has 4 aromatic carbocycles. The zero-order valence-electron chi connectivity index (χ0n) is 32.2. The Morgan fingerprint density at radius 2 is 0.531 bits per heavy atom. The monoisotopic (exact) mass is 686 g/mol. The van der Waals surface area contributed by atoms with Crippen molar-refractivity contribution < 1.29 is 71.8 Å². The molecule has 5 heteroatoms. The van der Waals surface area contributed by atoms with Gasteiger partial charge in [-0.2, -0.15) is 0 Å². The van der Waals surface area contributed by atoms with Gasteiger partial charge in [-0.3, -0.25) is 0 Å². The van der Waals surface area contributed by atoms with Crippen LogP contribution in [-0.4, -0.2) is 15.3 Å². The molecule has 0 fully saturated rings. The van der Waals surface area contributed by atoms with Gasteiger partial charge in [0.15, 0.2) is 0 Å². The van der Waals surface area contributed by atoms with Crippen molar-refractivity contribution in [2.45, 2.75) is 130 Å². The number of rotatable bonds is 0. The molecular formula is C44H55KO4. The number of hydrogen-bond acceptors (Lipinski definition) is 4. The SMILES string of the molecule is CC(C)(C)c1cc2c([O-])c(c1)Cc1cc(C(C)(C)C)cc(c1O)Cc1cc(C(C)(C)C)cc(c1O)Cc1cc(C(C)(C)C)cc(c1O)C2.[K+]. The van der Waals surface area contributed by atoms with E-state index in [2.05, 4.69) is 95.2 Å². The Labute approximate surface area is 337 Å². The average molecular weight is 687 g/mol. The molecule has 49 heavy (non-hydrogen) atoms. The number of phenols is 3. The summed E-state index contributed by atoms with van der Waals surface area (Å²) in [5.41, 5.74) is 8.96. The van der Waals surface area contributed by atoms with Gasteiger partial charge in [-0.1, -0.05) is 143 Å². The van der Waals surface area contributed by atoms with Gasteiger partial charge in [0.2, 0.25) is 0 Å². The van der Waals surface area contributed by atoms with E-state index in [4.69, 9.17) is 0 Å². The van der Waals surface area contributed by atoms with E-state index in [0.29, 0.717) is 35.1 Å². The third-order valence-corrected chi connectivity index (χ3v) is 10.0. The fraction of sp³-hybridized carbons (Fsp3) is 0.455. The molecule has 0 saturated carbocycles. The summed E-state index contributed by atoms with van der Waals surface area (Å²) in [6.45, 7) is 25.8. The molecule has 0 unspecified atom stereocenters. The first-order valence-electron chi connectivity index (χ1n) is 17.3. The first-order chi connectivity index (χ1) is 21.9. The smallest absolute Gasteiger partial charge is 0.872 e. The van der Waals surface area contributed by atoms with E-state index in [0.717, 1.165) is 44.5 Å². The Morgan fingerprint density at radius 1 is 0.367 bits per heavy atom. The summed E-state index contributed by atoms with van der Waals surface area (Å²) in [4.78, 5) is 0. The largest absolute Gasteiger partial charge is 1.00 e. The molecule has 0 amide bonds. The van der Waals surface area contributed by atoms with E-state index in [-0.39, 0.29) is 109 Å². The van der Waals surface area contributed by atoms with Gasteiger partial charge in [0.25, 0.3) is 0 Å². The van der Waals surface area contributed by atoms with Crippen molar-refractivity contribution in [2.75, 3.05) is 0 Å². The Balaban J connectivity index is 0.00000541. The molecule has 0 spiro atoms. The van der Waals surface area contributed by atoms with Crippen LogP contribution in [-0.2, 0) is 47.3 Å². The molecule has 1 aliphatic carbocycles. The number of aromatic hydroxyl groups is 3. The fourth-order valence-electron chi connectivity index (χ4n) is 6.66. The normalized spacial score (nSPS) is 14.0. The van der Waals surface area contributed by atoms with Gasteiger partial charge in [0.1, 0.15) is 17.2 Å². The van der Waals surface area contributed by atoms with Gasteiger partial charge in [0, 0.05) is 25.7 Å². The third kappa shape index (κ3) is 8.44. The van der Waals surface area contributed by atoms with Crippen molar-refractivity contribution in [1.82, 2.24) is 0 Å². The Morgan fingerprint density at radius 3 is 0.714 bits per heavy atom. The molecule has 0 aliphatic heterocycles. The predicted molar refractivity (Wildman–Crippen MR) is 196 cm³/mol. The zero-order chi connectivity index (χ0) is 35.7. The second-order valence-corrected chi connectivity index (χ2v) is 18.3. The standard InChI is InChI=1S/C44H56O4.K/c1-41(2,3)33-17-25-13-27-19-34(42(4,5)6)21-29(38(27)46)15-31-23-36(44(10,11)12)24-32(40(31)48)16-30-22-35(43(7,8)9)20-28(39(30)47)14-26(18-33)37(25)45;/h17-24,45-48H,13-16H2,1-12H3;/q;+1/p-1. The minimum atomic E-state index is -0.218. The summed E-state index contributed by atoms with van der Waals surface area (Å²) in [6.07, 6.45) is 1.19. The Bertz CT molecular complexity index is 1520. The third-order valence-electron chi connectivity index (χ3n) is 10.0. The average Bonchev–Trinajstić information content (AvgIpc) is 2.93. The maximum absolute atomic E-state index is 14.3. The summed E-state index contributed by atoms with van der Waals surface area (Å²) < 4.78 is 0. The van der Waals surface area contributed by atoms with Crippen LogP contribution in [0.5, 0.6) is 23.0 Å². The summed E-state index contributed by atoms with van der Waals surface area (Å²) in [6, 6.07) is 16.3. The van der Waals surface area contributed by atoms with Crippen molar-refractivity contribution in [3.63, 3.8) is 0 Å². The van der Waals surface area contributed by atoms with Crippen LogP contribution in [0.2, 0.25) is 0 Å². The van der Waals surface area contributed by atoms with Crippen molar-refractivity contribution in [1.29, 1.82) is 0 Å². The second-order valence-electron chi connectivity index (χ2n) is 18.3. The van der Waals surface area contributed by atoms with Gasteiger partial charge in [-0.15, -0.1) is 5.75 Å². The summed E-state index contributed by atoms with van der Waals surface area (Å²) in [5, 5.41) is 50.0. The van der Waals surface area contributed by atoms with Crippen LogP contribution in [0.4, 0.5) is 0 Å². The second kappa shape index (κ2) is 13.7. The van der Waals surface area contributed by atoms with Crippen molar-refractivity contribution in [2.24, 2.45) is 0 Å². The van der Waals surface area contributed by atoms with E-state index in [1.165, 1.54) is 0 Å². The molecule has 8 bridgehead atoms. The van der Waals surface area contributed by atoms with E-state index < -0.39 is 0 Å². The van der Waals surface area contributed by atoms with Gasteiger partial charge >= 0.3 is 51.4 Å². The molecule has 256 valence electrons. The summed E-state index contributed by atoms with van der Waals surface area (Å²) in [5.74, 6) is 0.451. The number of benzene rings is 4. The summed E-state index contributed by atoms with van der Waals surface area (Å²) in [7, 11) is 0. The molecule has 0 radical (unpaired) electrons. The quantitative estimate of drug-likeness (QED) is 0.158. The molecule has 3 N–H and O–H groups in total. The van der Waals surface area contributed by atoms with Gasteiger partial charge in [-0.25, -0.2) is 0 Å². The fourth-order valence-corrected chi connectivity index (χ4v) is 6.66. The molecule has 0 heterocycles. The van der Waals surface area contributed by atoms with Crippen LogP contribution >= 0.6 is 0 Å². The van der Waals surface area contributed by atoms with Gasteiger partial charge < -0.3 is 20.4 Å². The van der Waals surface area contributed by atoms with Crippen molar-refractivity contribution in [3.05, 3.63) is 115 Å². The number of phenolic OH excluding ortho intramolecular Hbond substituents is 3. The Hall–Kier alpha value is -2.28. The van der Waals surface area contributed by atoms with Crippen LogP contribution in [0.15, 0.2) is 48.5 Å². The maximum Gasteiger partial charge on any atom is 1.00 e. The minimum absolute atomic E-state index is 0. The Kier molecular flexibility index (Phi) is 11.0. The van der Waals surface area contributed by atoms with Crippen LogP contribution in [0.3, 0.4) is 0 Å². The number of hydrogen-bond donors (Lipinski definition) is 3. The van der Waals surface area contributed by atoms with E-state index in [1.807, 2.05) is 36.4 Å². The van der Waals surface area contributed by atoms with Crippen LogP contribution < -0.4 is 56.5 Å². The first kappa shape index (κ1) is 39.5. The van der Waals surface area contributed by atoms with Gasteiger partial charge in [-0.05, 0) is 77.3 Å². The van der Waals surface area contributed by atoms with E-state index in [1.54, 1.807) is 0 Å². The maximum atomic E-state index is 14.3. The first-order valence-corrected chi connectivity index (χ1v) is 17.3. The van der Waals surface area contributed by atoms with Crippen LogP contribution in [0, 0.1) is 0 Å². The van der Waals surface area contributed by atoms with Crippen LogP contribution in [0.1, 0.15) is 150 Å². The molecule has 0 saturated heterocycles. The summed E-state index contributed by atoms with van der Waals surface area (Å²) >= 11 is 0. The van der Waals surface area contributed by atoms with E-state index >= 15 is 0 Å². The number of fused-ring (bicyclic) bond motifs is 8. The zero-order valence-corrected chi connectivity index (χ0v) is 35.3. The molecule has 0 atom stereocenters. The molecular weight excluding hydrogens is 632 g/mol. The van der Waals surface area contributed by atoms with Gasteiger partial charge in [0.05, 0.1) is 0 Å². The van der Waals surface area contributed by atoms with E-state index in [9.17, 15) is 20.4 Å². The molecule has 4 nitrogen and oxygen atoms in total. The molecule has 1 aliphatic rings. The minimum Gasteiger partial charge on any atom is -0.872 e. The topological polar surface area (TPSA) is 83.8 Å². The molecule has 5 rings (SSSR count). The molecule has 0 aromatic heterocycles. The van der Waals surface area contributed by atoms with Crippen molar-refractivity contribution >= 4 is 0 Å².